The minimum absolute atomic E-state index is 0.179. The van der Waals surface area contributed by atoms with Gasteiger partial charge in [-0.1, -0.05) is 25.5 Å². The van der Waals surface area contributed by atoms with E-state index in [2.05, 4.69) is 12.2 Å². The van der Waals surface area contributed by atoms with Crippen molar-refractivity contribution >= 4 is 0 Å². The number of hydrogen-bond donors (Lipinski definition) is 1. The number of methoxy groups -OCH3 is 1. The molecule has 1 unspecified atom stereocenters. The largest absolute Gasteiger partial charge is 0.383 e. The molecule has 1 aromatic carbocycles. The number of halogens is 1. The van der Waals surface area contributed by atoms with E-state index in [1.54, 1.807) is 19.2 Å². The molecule has 1 rings (SSSR count). The Morgan fingerprint density at radius 3 is 2.81 bits per heavy atom. The topological polar surface area (TPSA) is 30.5 Å². The van der Waals surface area contributed by atoms with E-state index in [0.717, 1.165) is 44.5 Å². The molecule has 0 bridgehead atoms. The SMILES string of the molecule is CCCCOCCC(CNCCOC)c1cccc(F)c1. The van der Waals surface area contributed by atoms with E-state index in [-0.39, 0.29) is 11.7 Å². The molecule has 0 saturated carbocycles. The summed E-state index contributed by atoms with van der Waals surface area (Å²) in [6.45, 7) is 5.97. The van der Waals surface area contributed by atoms with E-state index in [1.165, 1.54) is 6.07 Å². The van der Waals surface area contributed by atoms with Crippen molar-refractivity contribution in [2.45, 2.75) is 32.1 Å². The Morgan fingerprint density at radius 1 is 1.24 bits per heavy atom. The van der Waals surface area contributed by atoms with E-state index in [9.17, 15) is 4.39 Å². The summed E-state index contributed by atoms with van der Waals surface area (Å²) in [6, 6.07) is 6.86. The highest BCUT2D eigenvalue weighted by Crippen LogP contribution is 2.20. The molecule has 0 aliphatic carbocycles. The first kappa shape index (κ1) is 18.1. The predicted octanol–water partition coefficient (Wildman–Crippen LogP) is 3.35. The van der Waals surface area contributed by atoms with Crippen LogP contribution in [-0.4, -0.2) is 40.0 Å². The molecular weight excluding hydrogens is 269 g/mol. The molecule has 0 aromatic heterocycles. The van der Waals surface area contributed by atoms with Gasteiger partial charge >= 0.3 is 0 Å². The average molecular weight is 297 g/mol. The third-order valence-corrected chi connectivity index (χ3v) is 3.45. The van der Waals surface area contributed by atoms with Gasteiger partial charge in [0.1, 0.15) is 5.82 Å². The Kier molecular flexibility index (Phi) is 10.0. The van der Waals surface area contributed by atoms with Gasteiger partial charge in [-0.15, -0.1) is 0 Å². The van der Waals surface area contributed by atoms with Crippen LogP contribution in [0.3, 0.4) is 0 Å². The normalized spacial score (nSPS) is 12.5. The quantitative estimate of drug-likeness (QED) is 0.600. The first-order chi connectivity index (χ1) is 10.3. The van der Waals surface area contributed by atoms with Crippen molar-refractivity contribution in [1.82, 2.24) is 5.32 Å². The van der Waals surface area contributed by atoms with Crippen LogP contribution in [0.1, 0.15) is 37.7 Å². The zero-order valence-corrected chi connectivity index (χ0v) is 13.2. The van der Waals surface area contributed by atoms with E-state index < -0.39 is 0 Å². The monoisotopic (exact) mass is 297 g/mol. The van der Waals surface area contributed by atoms with Crippen molar-refractivity contribution in [1.29, 1.82) is 0 Å². The van der Waals surface area contributed by atoms with Gasteiger partial charge in [-0.3, -0.25) is 0 Å². The fourth-order valence-electron chi connectivity index (χ4n) is 2.17. The van der Waals surface area contributed by atoms with Crippen LogP contribution in [0.15, 0.2) is 24.3 Å². The molecule has 3 nitrogen and oxygen atoms in total. The molecule has 21 heavy (non-hydrogen) atoms. The molecule has 0 amide bonds. The smallest absolute Gasteiger partial charge is 0.123 e. The molecule has 0 spiro atoms. The number of ether oxygens (including phenoxy) is 2. The lowest BCUT2D eigenvalue weighted by Gasteiger charge is -2.18. The summed E-state index contributed by atoms with van der Waals surface area (Å²) in [5, 5.41) is 3.35. The lowest BCUT2D eigenvalue weighted by atomic mass is 9.96. The lowest BCUT2D eigenvalue weighted by Crippen LogP contribution is -2.26. The molecular formula is C17H28FNO2. The number of hydrogen-bond acceptors (Lipinski definition) is 3. The Hall–Kier alpha value is -0.970. The van der Waals surface area contributed by atoms with E-state index >= 15 is 0 Å². The predicted molar refractivity (Wildman–Crippen MR) is 84.2 cm³/mol. The van der Waals surface area contributed by atoms with Gasteiger partial charge in [-0.2, -0.15) is 0 Å². The summed E-state index contributed by atoms with van der Waals surface area (Å²) in [6.07, 6.45) is 3.13. The van der Waals surface area contributed by atoms with Crippen LogP contribution in [0, 0.1) is 5.82 Å². The summed E-state index contributed by atoms with van der Waals surface area (Å²) in [5.41, 5.74) is 1.03. The first-order valence-corrected chi connectivity index (χ1v) is 7.80. The molecule has 0 aliphatic rings. The van der Waals surface area contributed by atoms with Gasteiger partial charge in [0.05, 0.1) is 6.61 Å². The Bertz CT molecular complexity index is 374. The van der Waals surface area contributed by atoms with Crippen molar-refractivity contribution in [3.63, 3.8) is 0 Å². The minimum Gasteiger partial charge on any atom is -0.383 e. The molecule has 0 saturated heterocycles. The zero-order chi connectivity index (χ0) is 15.3. The molecule has 0 fully saturated rings. The van der Waals surface area contributed by atoms with Crippen LogP contribution < -0.4 is 5.32 Å². The van der Waals surface area contributed by atoms with Crippen LogP contribution >= 0.6 is 0 Å². The zero-order valence-electron chi connectivity index (χ0n) is 13.2. The maximum atomic E-state index is 13.4. The number of benzene rings is 1. The summed E-state index contributed by atoms with van der Waals surface area (Å²) < 4.78 is 24.1. The molecule has 1 N–H and O–H groups in total. The first-order valence-electron chi connectivity index (χ1n) is 7.80. The highest BCUT2D eigenvalue weighted by atomic mass is 19.1. The second-order valence-electron chi connectivity index (χ2n) is 5.20. The van der Waals surface area contributed by atoms with Gasteiger partial charge < -0.3 is 14.8 Å². The average Bonchev–Trinajstić information content (AvgIpc) is 2.49. The van der Waals surface area contributed by atoms with Crippen LogP contribution in [-0.2, 0) is 9.47 Å². The van der Waals surface area contributed by atoms with Crippen LogP contribution in [0.25, 0.3) is 0 Å². The molecule has 0 heterocycles. The summed E-state index contributed by atoms with van der Waals surface area (Å²) >= 11 is 0. The van der Waals surface area contributed by atoms with Gasteiger partial charge in [0.2, 0.25) is 0 Å². The molecule has 1 aromatic rings. The Balaban J connectivity index is 2.45. The molecule has 0 aliphatic heterocycles. The second kappa shape index (κ2) is 11.7. The van der Waals surface area contributed by atoms with Crippen molar-refractivity contribution in [3.05, 3.63) is 35.6 Å². The maximum absolute atomic E-state index is 13.4. The van der Waals surface area contributed by atoms with Crippen molar-refractivity contribution in [2.75, 3.05) is 40.0 Å². The van der Waals surface area contributed by atoms with Crippen molar-refractivity contribution in [2.24, 2.45) is 0 Å². The van der Waals surface area contributed by atoms with E-state index in [0.29, 0.717) is 13.2 Å². The third-order valence-electron chi connectivity index (χ3n) is 3.45. The number of unbranched alkanes of at least 4 members (excludes halogenated alkanes) is 1. The van der Waals surface area contributed by atoms with Gasteiger partial charge in [0, 0.05) is 33.4 Å². The third kappa shape index (κ3) is 8.15. The fourth-order valence-corrected chi connectivity index (χ4v) is 2.17. The van der Waals surface area contributed by atoms with Gasteiger partial charge in [-0.25, -0.2) is 4.39 Å². The van der Waals surface area contributed by atoms with Gasteiger partial charge in [-0.05, 0) is 36.5 Å². The van der Waals surface area contributed by atoms with E-state index in [1.807, 2.05) is 6.07 Å². The summed E-state index contributed by atoms with van der Waals surface area (Å²) in [7, 11) is 1.69. The van der Waals surface area contributed by atoms with Gasteiger partial charge in [0.15, 0.2) is 0 Å². The van der Waals surface area contributed by atoms with Crippen molar-refractivity contribution in [3.8, 4) is 0 Å². The van der Waals surface area contributed by atoms with Crippen LogP contribution in [0.2, 0.25) is 0 Å². The van der Waals surface area contributed by atoms with Crippen LogP contribution in [0.5, 0.6) is 0 Å². The molecule has 4 heteroatoms. The van der Waals surface area contributed by atoms with Crippen LogP contribution in [0.4, 0.5) is 4.39 Å². The summed E-state index contributed by atoms with van der Waals surface area (Å²) in [4.78, 5) is 0. The highest BCUT2D eigenvalue weighted by Gasteiger charge is 2.12. The number of nitrogens with one attached hydrogen (secondary N) is 1. The fraction of sp³-hybridized carbons (Fsp3) is 0.647. The molecule has 0 radical (unpaired) electrons. The Labute approximate surface area is 127 Å². The van der Waals surface area contributed by atoms with E-state index in [4.69, 9.17) is 9.47 Å². The van der Waals surface area contributed by atoms with Crippen molar-refractivity contribution < 1.29 is 13.9 Å². The highest BCUT2D eigenvalue weighted by molar-refractivity contribution is 5.21. The number of rotatable bonds is 12. The standard InChI is InChI=1S/C17H28FNO2/c1-3-4-10-21-11-8-16(14-19-9-12-20-2)15-6-5-7-17(18)13-15/h5-7,13,16,19H,3-4,8-12,14H2,1-2H3. The summed E-state index contributed by atoms with van der Waals surface area (Å²) in [5.74, 6) is 0.0838. The van der Waals surface area contributed by atoms with Gasteiger partial charge in [0.25, 0.3) is 0 Å². The Morgan fingerprint density at radius 2 is 2.10 bits per heavy atom. The minimum atomic E-state index is -0.179. The maximum Gasteiger partial charge on any atom is 0.123 e. The lowest BCUT2D eigenvalue weighted by molar-refractivity contribution is 0.123. The molecule has 120 valence electrons. The second-order valence-corrected chi connectivity index (χ2v) is 5.20. The molecule has 1 atom stereocenters.